The highest BCUT2D eigenvalue weighted by Crippen LogP contribution is 2.30. The van der Waals surface area contributed by atoms with Gasteiger partial charge in [-0.25, -0.2) is 4.39 Å². The number of carbonyl (C=O) groups excluding carboxylic acids is 1. The van der Waals surface area contributed by atoms with Crippen LogP contribution in [0.15, 0.2) is 60.9 Å². The number of anilines is 1. The van der Waals surface area contributed by atoms with Crippen molar-refractivity contribution in [2.45, 2.75) is 0 Å². The molecule has 0 spiro atoms. The van der Waals surface area contributed by atoms with Crippen molar-refractivity contribution in [2.75, 3.05) is 5.32 Å². The molecule has 6 heteroatoms. The second-order valence-electron chi connectivity index (χ2n) is 4.78. The Morgan fingerprint density at radius 2 is 1.83 bits per heavy atom. The number of rotatable bonds is 3. The summed E-state index contributed by atoms with van der Waals surface area (Å²) in [5.74, 6) is -0.736. The minimum absolute atomic E-state index is 0.346. The zero-order valence-electron chi connectivity index (χ0n) is 11.8. The van der Waals surface area contributed by atoms with Crippen LogP contribution in [0.25, 0.3) is 11.1 Å². The number of halogens is 2. The summed E-state index contributed by atoms with van der Waals surface area (Å²) in [4.78, 5) is 12.2. The van der Waals surface area contributed by atoms with E-state index in [-0.39, 0.29) is 5.91 Å². The Kier molecular flexibility index (Phi) is 4.30. The third kappa shape index (κ3) is 3.52. The summed E-state index contributed by atoms with van der Waals surface area (Å²) in [5.41, 5.74) is 2.18. The maximum atomic E-state index is 13.6. The summed E-state index contributed by atoms with van der Waals surface area (Å²) >= 11 is 5.88. The highest BCUT2D eigenvalue weighted by atomic mass is 35.5. The van der Waals surface area contributed by atoms with E-state index in [0.717, 1.165) is 5.56 Å². The van der Waals surface area contributed by atoms with Crippen LogP contribution in [0.3, 0.4) is 0 Å². The van der Waals surface area contributed by atoms with E-state index in [1.165, 1.54) is 30.6 Å². The third-order valence-electron chi connectivity index (χ3n) is 3.23. The van der Waals surface area contributed by atoms with Crippen molar-refractivity contribution in [3.05, 3.63) is 77.3 Å². The van der Waals surface area contributed by atoms with Crippen LogP contribution >= 0.6 is 11.6 Å². The van der Waals surface area contributed by atoms with Gasteiger partial charge in [-0.05, 0) is 42.0 Å². The molecule has 0 unspecified atom stereocenters. The van der Waals surface area contributed by atoms with Crippen LogP contribution in [0, 0.1) is 5.82 Å². The molecule has 0 aliphatic rings. The number of hydrogen-bond acceptors (Lipinski definition) is 3. The zero-order valence-corrected chi connectivity index (χ0v) is 12.6. The standard InChI is InChI=1S/C17H11ClFN3O/c18-13-3-1-11(2-4-13)15-9-14(19)5-6-16(15)22-17(23)12-7-8-20-21-10-12/h1-10H,(H,22,23). The first-order valence-corrected chi connectivity index (χ1v) is 7.15. The van der Waals surface area contributed by atoms with E-state index in [4.69, 9.17) is 11.6 Å². The Labute approximate surface area is 136 Å². The van der Waals surface area contributed by atoms with Crippen LogP contribution in [0.5, 0.6) is 0 Å². The van der Waals surface area contributed by atoms with Crippen molar-refractivity contribution in [3.63, 3.8) is 0 Å². The Bertz CT molecular complexity index is 838. The average molecular weight is 328 g/mol. The first-order chi connectivity index (χ1) is 11.1. The van der Waals surface area contributed by atoms with Crippen LogP contribution in [0.1, 0.15) is 10.4 Å². The fourth-order valence-corrected chi connectivity index (χ4v) is 2.24. The second kappa shape index (κ2) is 6.54. The van der Waals surface area contributed by atoms with E-state index in [2.05, 4.69) is 15.5 Å². The predicted molar refractivity (Wildman–Crippen MR) is 86.8 cm³/mol. The van der Waals surface area contributed by atoms with Gasteiger partial charge in [-0.15, -0.1) is 0 Å². The first-order valence-electron chi connectivity index (χ1n) is 6.77. The highest BCUT2D eigenvalue weighted by molar-refractivity contribution is 6.30. The third-order valence-corrected chi connectivity index (χ3v) is 3.48. The topological polar surface area (TPSA) is 54.9 Å². The van der Waals surface area contributed by atoms with Crippen molar-refractivity contribution in [3.8, 4) is 11.1 Å². The van der Waals surface area contributed by atoms with Gasteiger partial charge in [0.05, 0.1) is 18.0 Å². The minimum atomic E-state index is -0.390. The maximum absolute atomic E-state index is 13.6. The molecule has 4 nitrogen and oxygen atoms in total. The highest BCUT2D eigenvalue weighted by Gasteiger charge is 2.12. The molecule has 1 heterocycles. The van der Waals surface area contributed by atoms with Gasteiger partial charge in [0, 0.05) is 16.3 Å². The largest absolute Gasteiger partial charge is 0.321 e. The number of amides is 1. The van der Waals surface area contributed by atoms with Crippen molar-refractivity contribution in [1.29, 1.82) is 0 Å². The lowest BCUT2D eigenvalue weighted by Crippen LogP contribution is -2.13. The number of benzene rings is 2. The van der Waals surface area contributed by atoms with Gasteiger partial charge < -0.3 is 5.32 Å². The molecular weight excluding hydrogens is 317 g/mol. The van der Waals surface area contributed by atoms with Gasteiger partial charge in [0.15, 0.2) is 0 Å². The predicted octanol–water partition coefficient (Wildman–Crippen LogP) is 4.19. The Balaban J connectivity index is 1.96. The van der Waals surface area contributed by atoms with Crippen LogP contribution < -0.4 is 5.32 Å². The average Bonchev–Trinajstić information content (AvgIpc) is 2.58. The molecule has 0 aliphatic heterocycles. The van der Waals surface area contributed by atoms with Crippen LogP contribution in [0.2, 0.25) is 5.02 Å². The van der Waals surface area contributed by atoms with Gasteiger partial charge in [0.25, 0.3) is 5.91 Å². The number of carbonyl (C=O) groups is 1. The summed E-state index contributed by atoms with van der Waals surface area (Å²) in [5, 5.41) is 10.6. The molecule has 0 radical (unpaired) electrons. The fourth-order valence-electron chi connectivity index (χ4n) is 2.11. The number of nitrogens with one attached hydrogen (secondary N) is 1. The molecule has 1 amide bonds. The zero-order chi connectivity index (χ0) is 16.2. The van der Waals surface area contributed by atoms with Gasteiger partial charge >= 0.3 is 0 Å². The minimum Gasteiger partial charge on any atom is -0.321 e. The van der Waals surface area contributed by atoms with E-state index in [1.807, 2.05) is 0 Å². The fraction of sp³-hybridized carbons (Fsp3) is 0. The summed E-state index contributed by atoms with van der Waals surface area (Å²) in [7, 11) is 0. The molecule has 114 valence electrons. The molecule has 0 bridgehead atoms. The van der Waals surface area contributed by atoms with E-state index < -0.39 is 5.82 Å². The second-order valence-corrected chi connectivity index (χ2v) is 5.22. The molecule has 0 aliphatic carbocycles. The quantitative estimate of drug-likeness (QED) is 0.784. The molecule has 23 heavy (non-hydrogen) atoms. The molecule has 1 aromatic heterocycles. The van der Waals surface area contributed by atoms with Gasteiger partial charge in [0.1, 0.15) is 5.82 Å². The molecule has 0 saturated heterocycles. The van der Waals surface area contributed by atoms with Gasteiger partial charge in [-0.1, -0.05) is 23.7 Å². The van der Waals surface area contributed by atoms with Crippen molar-refractivity contribution in [1.82, 2.24) is 10.2 Å². The molecule has 0 fully saturated rings. The lowest BCUT2D eigenvalue weighted by atomic mass is 10.0. The number of hydrogen-bond donors (Lipinski definition) is 1. The first kappa shape index (κ1) is 15.1. The molecular formula is C17H11ClFN3O. The lowest BCUT2D eigenvalue weighted by Gasteiger charge is -2.11. The van der Waals surface area contributed by atoms with Gasteiger partial charge in [0.2, 0.25) is 0 Å². The monoisotopic (exact) mass is 327 g/mol. The summed E-state index contributed by atoms with van der Waals surface area (Å²) in [6.07, 6.45) is 2.79. The number of aromatic nitrogens is 2. The molecule has 1 N–H and O–H groups in total. The summed E-state index contributed by atoms with van der Waals surface area (Å²) < 4.78 is 13.6. The Hall–Kier alpha value is -2.79. The van der Waals surface area contributed by atoms with Crippen molar-refractivity contribution < 1.29 is 9.18 Å². The van der Waals surface area contributed by atoms with Crippen molar-refractivity contribution in [2.24, 2.45) is 0 Å². The van der Waals surface area contributed by atoms with Crippen LogP contribution in [-0.4, -0.2) is 16.1 Å². The van der Waals surface area contributed by atoms with E-state index in [0.29, 0.717) is 21.8 Å². The summed E-state index contributed by atoms with van der Waals surface area (Å²) in [6, 6.07) is 12.7. The molecule has 2 aromatic carbocycles. The number of nitrogens with zero attached hydrogens (tertiary/aromatic N) is 2. The smallest absolute Gasteiger partial charge is 0.257 e. The molecule has 0 atom stereocenters. The Morgan fingerprint density at radius 1 is 1.04 bits per heavy atom. The van der Waals surface area contributed by atoms with Crippen LogP contribution in [0.4, 0.5) is 10.1 Å². The normalized spacial score (nSPS) is 10.3. The summed E-state index contributed by atoms with van der Waals surface area (Å²) in [6.45, 7) is 0. The van der Waals surface area contributed by atoms with Gasteiger partial charge in [-0.2, -0.15) is 10.2 Å². The molecule has 3 aromatic rings. The lowest BCUT2D eigenvalue weighted by molar-refractivity contribution is 0.102. The molecule has 0 saturated carbocycles. The van der Waals surface area contributed by atoms with E-state index in [9.17, 15) is 9.18 Å². The maximum Gasteiger partial charge on any atom is 0.257 e. The van der Waals surface area contributed by atoms with Gasteiger partial charge in [-0.3, -0.25) is 4.79 Å². The van der Waals surface area contributed by atoms with E-state index in [1.54, 1.807) is 30.3 Å². The SMILES string of the molecule is O=C(Nc1ccc(F)cc1-c1ccc(Cl)cc1)c1ccnnc1. The van der Waals surface area contributed by atoms with Crippen molar-refractivity contribution >= 4 is 23.2 Å². The molecule has 3 rings (SSSR count). The Morgan fingerprint density at radius 3 is 2.52 bits per heavy atom. The van der Waals surface area contributed by atoms with Crippen LogP contribution in [-0.2, 0) is 0 Å². The van der Waals surface area contributed by atoms with E-state index >= 15 is 0 Å².